The number of anilines is 1. The summed E-state index contributed by atoms with van der Waals surface area (Å²) in [5, 5.41) is 5.99. The lowest BCUT2D eigenvalue weighted by atomic mass is 9.68. The van der Waals surface area contributed by atoms with Crippen molar-refractivity contribution >= 4 is 57.3 Å². The highest BCUT2D eigenvalue weighted by atomic mass is 32.2. The molecule has 1 saturated heterocycles. The maximum atomic E-state index is 13.8. The maximum Gasteiger partial charge on any atom is 0.305 e. The number of amides is 3. The summed E-state index contributed by atoms with van der Waals surface area (Å²) in [6.45, 7) is -0.276. The number of fused-ring (bicyclic) bond motifs is 10. The molecule has 2 saturated carbocycles. The molecule has 4 aliphatic rings. The number of hydrogen-bond acceptors (Lipinski definition) is 6. The number of aromatic amines is 1. The number of rotatable bonds is 4. The number of aromatic nitrogens is 1. The molecule has 9 heteroatoms. The van der Waals surface area contributed by atoms with Gasteiger partial charge in [-0.05, 0) is 52.6 Å². The van der Waals surface area contributed by atoms with Gasteiger partial charge in [-0.15, -0.1) is 11.8 Å². The summed E-state index contributed by atoms with van der Waals surface area (Å²) in [4.78, 5) is 58.1. The molecule has 7 nitrogen and oxygen atoms in total. The van der Waals surface area contributed by atoms with Gasteiger partial charge in [0.15, 0.2) is 0 Å². The third-order valence-corrected chi connectivity index (χ3v) is 11.9. The normalized spacial score (nSPS) is 29.9. The van der Waals surface area contributed by atoms with Gasteiger partial charge in [-0.1, -0.05) is 72.0 Å². The van der Waals surface area contributed by atoms with Crippen LogP contribution in [-0.4, -0.2) is 39.4 Å². The molecule has 4 aromatic rings. The zero-order valence-electron chi connectivity index (χ0n) is 21.3. The van der Waals surface area contributed by atoms with E-state index in [9.17, 15) is 19.2 Å². The summed E-state index contributed by atoms with van der Waals surface area (Å²) in [5.74, 6) is -1.39. The number of imide groups is 1. The molecule has 3 heterocycles. The minimum atomic E-state index is -0.406. The van der Waals surface area contributed by atoms with Gasteiger partial charge in [-0.3, -0.25) is 24.1 Å². The second-order valence-corrected chi connectivity index (χ2v) is 13.4. The lowest BCUT2D eigenvalue weighted by molar-refractivity contribution is -0.143. The minimum Gasteiger partial charge on any atom is -0.325 e. The first-order valence-electron chi connectivity index (χ1n) is 13.6. The number of H-pyrrole nitrogens is 1. The molecule has 2 aliphatic carbocycles. The molecule has 6 unspecified atom stereocenters. The fraction of sp³-hybridized carbons (Fsp3) is 0.290. The van der Waals surface area contributed by atoms with E-state index < -0.39 is 11.8 Å². The van der Waals surface area contributed by atoms with Gasteiger partial charge in [-0.25, -0.2) is 0 Å². The predicted octanol–water partition coefficient (Wildman–Crippen LogP) is 4.70. The second-order valence-electron chi connectivity index (χ2n) is 11.2. The number of carbonyl (C=O) groups excluding carboxylic acids is 3. The van der Waals surface area contributed by atoms with Gasteiger partial charge < -0.3 is 10.3 Å². The topological polar surface area (TPSA) is 99.3 Å². The molecule has 2 N–H and O–H groups in total. The Morgan fingerprint density at radius 3 is 2.42 bits per heavy atom. The smallest absolute Gasteiger partial charge is 0.305 e. The molecular formula is C31H25N3O4S2. The number of nitrogens with zero attached hydrogens (tertiary/aromatic N) is 1. The third kappa shape index (κ3) is 3.50. The standard InChI is InChI=1S/C31H25N3O4S2/c35-21(32-18-11-10-15-6-4-5-9-17(15)12-18)14-34-29(36)24-19-13-20(25(24)30(34)37)26-23(19)22(16-7-2-1-3-8-16)27-28(39-26)33-31(38)40-27/h1-12,19-20,22-26H,13-14H2,(H,32,35)(H,33,38)/t19?,20?,22-,23?,24?,25?,26?/m1/s1. The molecular weight excluding hydrogens is 542 g/mol. The van der Waals surface area contributed by atoms with Crippen molar-refractivity contribution in [3.8, 4) is 0 Å². The monoisotopic (exact) mass is 567 g/mol. The second kappa shape index (κ2) is 8.91. The van der Waals surface area contributed by atoms with Crippen LogP contribution >= 0.6 is 23.1 Å². The van der Waals surface area contributed by atoms with E-state index in [1.165, 1.54) is 16.2 Å². The van der Waals surface area contributed by atoms with Crippen LogP contribution in [-0.2, 0) is 14.4 Å². The van der Waals surface area contributed by atoms with Crippen molar-refractivity contribution in [2.24, 2.45) is 29.6 Å². The Kier molecular flexibility index (Phi) is 5.37. The van der Waals surface area contributed by atoms with Gasteiger partial charge in [-0.2, -0.15) is 0 Å². The number of carbonyl (C=O) groups is 3. The molecule has 1 aromatic heterocycles. The molecule has 2 bridgehead atoms. The predicted molar refractivity (Wildman–Crippen MR) is 154 cm³/mol. The molecule has 0 radical (unpaired) electrons. The molecule has 2 aliphatic heterocycles. The number of thioether (sulfide) groups is 1. The Labute approximate surface area is 238 Å². The summed E-state index contributed by atoms with van der Waals surface area (Å²) in [6, 6.07) is 23.7. The van der Waals surface area contributed by atoms with Gasteiger partial charge in [0.2, 0.25) is 17.7 Å². The van der Waals surface area contributed by atoms with E-state index in [0.717, 1.165) is 32.7 Å². The van der Waals surface area contributed by atoms with E-state index >= 15 is 0 Å². The number of likely N-dealkylation sites (tertiary alicyclic amines) is 1. The van der Waals surface area contributed by atoms with E-state index in [4.69, 9.17) is 0 Å². The van der Waals surface area contributed by atoms with Gasteiger partial charge in [0.25, 0.3) is 0 Å². The summed E-state index contributed by atoms with van der Waals surface area (Å²) in [5.41, 5.74) is 1.78. The van der Waals surface area contributed by atoms with Crippen LogP contribution in [0.1, 0.15) is 22.8 Å². The number of thiazole rings is 1. The van der Waals surface area contributed by atoms with E-state index in [2.05, 4.69) is 22.4 Å². The van der Waals surface area contributed by atoms with Crippen molar-refractivity contribution in [3.05, 3.63) is 92.9 Å². The first kappa shape index (κ1) is 24.1. The molecule has 3 aromatic carbocycles. The van der Waals surface area contributed by atoms with Crippen LogP contribution in [0, 0.1) is 29.6 Å². The minimum absolute atomic E-state index is 0.00973. The quantitative estimate of drug-likeness (QED) is 0.348. The Bertz CT molecular complexity index is 1760. The Morgan fingerprint density at radius 2 is 1.62 bits per heavy atom. The average molecular weight is 568 g/mol. The van der Waals surface area contributed by atoms with Crippen molar-refractivity contribution in [1.29, 1.82) is 0 Å². The van der Waals surface area contributed by atoms with E-state index in [-0.39, 0.29) is 58.1 Å². The van der Waals surface area contributed by atoms with Crippen LogP contribution in [0.15, 0.2) is 82.6 Å². The van der Waals surface area contributed by atoms with Crippen molar-refractivity contribution < 1.29 is 14.4 Å². The van der Waals surface area contributed by atoms with Crippen molar-refractivity contribution in [2.45, 2.75) is 22.6 Å². The van der Waals surface area contributed by atoms with Crippen molar-refractivity contribution in [3.63, 3.8) is 0 Å². The van der Waals surface area contributed by atoms with Crippen LogP contribution in [0.25, 0.3) is 10.8 Å². The Hall–Kier alpha value is -3.69. The number of hydrogen-bond donors (Lipinski definition) is 2. The Balaban J connectivity index is 1.07. The van der Waals surface area contributed by atoms with Crippen molar-refractivity contribution in [2.75, 3.05) is 11.9 Å². The highest BCUT2D eigenvalue weighted by Gasteiger charge is 2.69. The molecule has 40 heavy (non-hydrogen) atoms. The van der Waals surface area contributed by atoms with Gasteiger partial charge in [0.05, 0.1) is 16.9 Å². The Morgan fingerprint density at radius 1 is 0.900 bits per heavy atom. The summed E-state index contributed by atoms with van der Waals surface area (Å²) < 4.78 is 0. The van der Waals surface area contributed by atoms with Crippen LogP contribution < -0.4 is 10.2 Å². The van der Waals surface area contributed by atoms with E-state index in [1.807, 2.05) is 60.7 Å². The number of benzene rings is 3. The van der Waals surface area contributed by atoms with Crippen LogP contribution in [0.5, 0.6) is 0 Å². The molecule has 8 rings (SSSR count). The van der Waals surface area contributed by atoms with Gasteiger partial charge >= 0.3 is 4.87 Å². The fourth-order valence-electron chi connectivity index (χ4n) is 7.88. The molecule has 200 valence electrons. The zero-order chi connectivity index (χ0) is 27.1. The first-order chi connectivity index (χ1) is 19.5. The summed E-state index contributed by atoms with van der Waals surface area (Å²) in [7, 11) is 0. The van der Waals surface area contributed by atoms with Crippen LogP contribution in [0.2, 0.25) is 0 Å². The molecule has 3 fully saturated rings. The van der Waals surface area contributed by atoms with E-state index in [0.29, 0.717) is 5.69 Å². The van der Waals surface area contributed by atoms with Gasteiger partial charge in [0.1, 0.15) is 6.54 Å². The lowest BCUT2D eigenvalue weighted by Gasteiger charge is -2.43. The molecule has 7 atom stereocenters. The van der Waals surface area contributed by atoms with Crippen LogP contribution in [0.4, 0.5) is 5.69 Å². The summed E-state index contributed by atoms with van der Waals surface area (Å²) >= 11 is 2.93. The highest BCUT2D eigenvalue weighted by Crippen LogP contribution is 2.68. The van der Waals surface area contributed by atoms with Crippen molar-refractivity contribution in [1.82, 2.24) is 9.88 Å². The summed E-state index contributed by atoms with van der Waals surface area (Å²) in [6.07, 6.45) is 0.828. The number of nitrogens with one attached hydrogen (secondary N) is 2. The van der Waals surface area contributed by atoms with Crippen LogP contribution in [0.3, 0.4) is 0 Å². The highest BCUT2D eigenvalue weighted by molar-refractivity contribution is 8.00. The van der Waals surface area contributed by atoms with Gasteiger partial charge in [0, 0.05) is 21.7 Å². The third-order valence-electron chi connectivity index (χ3n) is 9.31. The lowest BCUT2D eigenvalue weighted by Crippen LogP contribution is -2.42. The van der Waals surface area contributed by atoms with E-state index in [1.54, 1.807) is 11.8 Å². The maximum absolute atomic E-state index is 13.8. The molecule has 3 amide bonds. The largest absolute Gasteiger partial charge is 0.325 e. The first-order valence-corrected chi connectivity index (χ1v) is 15.3. The zero-order valence-corrected chi connectivity index (χ0v) is 22.9. The fourth-order valence-corrected chi connectivity index (χ4v) is 10.8. The molecule has 0 spiro atoms. The average Bonchev–Trinajstić information content (AvgIpc) is 3.69. The SMILES string of the molecule is O=C(CN1C(=O)C2C3CC(C2C1=O)C1C3Sc2[nH]c(=O)sc2[C@@H]1c1ccccc1)Nc1ccc2ccccc2c1.